The van der Waals surface area contributed by atoms with E-state index in [1.54, 1.807) is 13.8 Å². The molecule has 0 saturated heterocycles. The molecule has 0 aromatic heterocycles. The van der Waals surface area contributed by atoms with Crippen LogP contribution in [0.1, 0.15) is 45.5 Å². The second-order valence-electron chi connectivity index (χ2n) is 5.77. The molecule has 1 atom stereocenters. The Morgan fingerprint density at radius 3 is 2.35 bits per heavy atom. The summed E-state index contributed by atoms with van der Waals surface area (Å²) < 4.78 is 10.7. The minimum atomic E-state index is -1.01. The van der Waals surface area contributed by atoms with Gasteiger partial charge >= 0.3 is 11.9 Å². The first-order valence-corrected chi connectivity index (χ1v) is 7.90. The van der Waals surface area contributed by atoms with Gasteiger partial charge in [-0.3, -0.25) is 9.59 Å². The molecule has 0 saturated carbocycles. The van der Waals surface area contributed by atoms with Crippen LogP contribution >= 0.6 is 0 Å². The second kappa shape index (κ2) is 7.77. The van der Waals surface area contributed by atoms with E-state index in [-0.39, 0.29) is 11.9 Å². The maximum atomic E-state index is 11.9. The molecule has 2 aromatic carbocycles. The van der Waals surface area contributed by atoms with E-state index in [1.807, 2.05) is 49.4 Å². The SMILES string of the molecule is CCCC(=O)OC(OC(=O)C(C)C)c1ccc2ccccc2c1. The highest BCUT2D eigenvalue weighted by molar-refractivity contribution is 5.83. The summed E-state index contributed by atoms with van der Waals surface area (Å²) in [7, 11) is 0. The maximum absolute atomic E-state index is 11.9. The fourth-order valence-electron chi connectivity index (χ4n) is 2.14. The highest BCUT2D eigenvalue weighted by atomic mass is 16.7. The number of carbonyl (C=O) groups excluding carboxylic acids is 2. The molecule has 0 radical (unpaired) electrons. The summed E-state index contributed by atoms with van der Waals surface area (Å²) in [5.41, 5.74) is 0.655. The quantitative estimate of drug-likeness (QED) is 0.586. The molecule has 0 aliphatic heterocycles. The Labute approximate surface area is 136 Å². The lowest BCUT2D eigenvalue weighted by molar-refractivity contribution is -0.192. The van der Waals surface area contributed by atoms with Gasteiger partial charge in [0.1, 0.15) is 0 Å². The Kier molecular flexibility index (Phi) is 5.74. The van der Waals surface area contributed by atoms with E-state index in [1.165, 1.54) is 0 Å². The summed E-state index contributed by atoms with van der Waals surface area (Å²) in [6, 6.07) is 13.5. The molecule has 2 aromatic rings. The van der Waals surface area contributed by atoms with Crippen LogP contribution in [0.5, 0.6) is 0 Å². The molecule has 4 nitrogen and oxygen atoms in total. The predicted molar refractivity (Wildman–Crippen MR) is 88.6 cm³/mol. The van der Waals surface area contributed by atoms with E-state index in [0.29, 0.717) is 18.4 Å². The first kappa shape index (κ1) is 17.0. The van der Waals surface area contributed by atoms with Crippen molar-refractivity contribution in [2.24, 2.45) is 5.92 Å². The smallest absolute Gasteiger partial charge is 0.311 e. The Hall–Kier alpha value is -2.36. The molecule has 0 N–H and O–H groups in total. The Morgan fingerprint density at radius 1 is 1.00 bits per heavy atom. The van der Waals surface area contributed by atoms with Crippen molar-refractivity contribution < 1.29 is 19.1 Å². The van der Waals surface area contributed by atoms with Gasteiger partial charge in [0.25, 0.3) is 6.29 Å². The summed E-state index contributed by atoms with van der Waals surface area (Å²) in [6.07, 6.45) is -0.0291. The average molecular weight is 314 g/mol. The van der Waals surface area contributed by atoms with E-state index in [4.69, 9.17) is 9.47 Å². The molecule has 0 bridgehead atoms. The lowest BCUT2D eigenvalue weighted by Gasteiger charge is -2.20. The summed E-state index contributed by atoms with van der Waals surface area (Å²) in [6.45, 7) is 5.38. The van der Waals surface area contributed by atoms with Crippen LogP contribution < -0.4 is 0 Å². The summed E-state index contributed by atoms with van der Waals surface area (Å²) in [5.74, 6) is -1.06. The van der Waals surface area contributed by atoms with E-state index in [0.717, 1.165) is 10.8 Å². The Morgan fingerprint density at radius 2 is 1.70 bits per heavy atom. The molecular weight excluding hydrogens is 292 g/mol. The van der Waals surface area contributed by atoms with Gasteiger partial charge in [0.05, 0.1) is 5.92 Å². The van der Waals surface area contributed by atoms with E-state index in [2.05, 4.69) is 0 Å². The number of hydrogen-bond donors (Lipinski definition) is 0. The fraction of sp³-hybridized carbons (Fsp3) is 0.368. The number of rotatable bonds is 6. The molecular formula is C19H22O4. The van der Waals surface area contributed by atoms with Gasteiger partial charge in [0.15, 0.2) is 0 Å². The van der Waals surface area contributed by atoms with Crippen LogP contribution in [0.4, 0.5) is 0 Å². The molecule has 0 amide bonds. The maximum Gasteiger partial charge on any atom is 0.311 e. The van der Waals surface area contributed by atoms with Crippen LogP contribution in [0.15, 0.2) is 42.5 Å². The van der Waals surface area contributed by atoms with Crippen LogP contribution in [0, 0.1) is 5.92 Å². The molecule has 0 heterocycles. The van der Waals surface area contributed by atoms with Crippen LogP contribution in [0.2, 0.25) is 0 Å². The van der Waals surface area contributed by atoms with Gasteiger partial charge in [0.2, 0.25) is 0 Å². The zero-order chi connectivity index (χ0) is 16.8. The molecule has 0 spiro atoms. The van der Waals surface area contributed by atoms with Crippen molar-refractivity contribution in [3.05, 3.63) is 48.0 Å². The predicted octanol–water partition coefficient (Wildman–Crippen LogP) is 4.38. The number of esters is 2. The molecule has 4 heteroatoms. The zero-order valence-corrected chi connectivity index (χ0v) is 13.7. The highest BCUT2D eigenvalue weighted by Gasteiger charge is 2.22. The number of benzene rings is 2. The monoisotopic (exact) mass is 314 g/mol. The van der Waals surface area contributed by atoms with Crippen molar-refractivity contribution in [2.75, 3.05) is 0 Å². The second-order valence-corrected chi connectivity index (χ2v) is 5.77. The lowest BCUT2D eigenvalue weighted by atomic mass is 10.1. The third-order valence-corrected chi connectivity index (χ3v) is 3.43. The Balaban J connectivity index is 2.29. The van der Waals surface area contributed by atoms with Crippen molar-refractivity contribution in [1.82, 2.24) is 0 Å². The third kappa shape index (κ3) is 4.55. The molecule has 0 aliphatic rings. The van der Waals surface area contributed by atoms with Crippen molar-refractivity contribution in [3.8, 4) is 0 Å². The van der Waals surface area contributed by atoms with Crippen LogP contribution in [0.3, 0.4) is 0 Å². The minimum Gasteiger partial charge on any atom is -0.421 e. The van der Waals surface area contributed by atoms with Gasteiger partial charge in [-0.1, -0.05) is 57.2 Å². The number of fused-ring (bicyclic) bond motifs is 1. The third-order valence-electron chi connectivity index (χ3n) is 3.43. The van der Waals surface area contributed by atoms with Crippen molar-refractivity contribution in [3.63, 3.8) is 0 Å². The zero-order valence-electron chi connectivity index (χ0n) is 13.7. The van der Waals surface area contributed by atoms with Gasteiger partial charge in [-0.2, -0.15) is 0 Å². The molecule has 122 valence electrons. The van der Waals surface area contributed by atoms with Gasteiger partial charge in [-0.15, -0.1) is 0 Å². The van der Waals surface area contributed by atoms with Crippen molar-refractivity contribution in [1.29, 1.82) is 0 Å². The van der Waals surface area contributed by atoms with Gasteiger partial charge in [0, 0.05) is 12.0 Å². The Bertz CT molecular complexity index is 691. The first-order chi connectivity index (χ1) is 11.0. The number of hydrogen-bond acceptors (Lipinski definition) is 4. The van der Waals surface area contributed by atoms with E-state index < -0.39 is 12.3 Å². The van der Waals surface area contributed by atoms with Gasteiger partial charge in [-0.05, 0) is 23.3 Å². The number of carbonyl (C=O) groups is 2. The molecule has 23 heavy (non-hydrogen) atoms. The van der Waals surface area contributed by atoms with E-state index >= 15 is 0 Å². The normalized spacial score (nSPS) is 12.2. The molecule has 2 rings (SSSR count). The highest BCUT2D eigenvalue weighted by Crippen LogP contribution is 2.25. The van der Waals surface area contributed by atoms with Crippen molar-refractivity contribution >= 4 is 22.7 Å². The first-order valence-electron chi connectivity index (χ1n) is 7.90. The van der Waals surface area contributed by atoms with E-state index in [9.17, 15) is 9.59 Å². The fourth-order valence-corrected chi connectivity index (χ4v) is 2.14. The van der Waals surface area contributed by atoms with Crippen LogP contribution in [-0.4, -0.2) is 11.9 Å². The van der Waals surface area contributed by atoms with Crippen molar-refractivity contribution in [2.45, 2.75) is 39.9 Å². The minimum absolute atomic E-state index is 0.289. The molecule has 1 unspecified atom stereocenters. The topological polar surface area (TPSA) is 52.6 Å². The average Bonchev–Trinajstić information content (AvgIpc) is 2.53. The standard InChI is InChI=1S/C19H22O4/c1-4-7-17(20)22-19(23-18(21)13(2)3)16-11-10-14-8-5-6-9-15(14)12-16/h5-6,8-13,19H,4,7H2,1-3H3. The summed E-state index contributed by atoms with van der Waals surface area (Å²) >= 11 is 0. The summed E-state index contributed by atoms with van der Waals surface area (Å²) in [4.78, 5) is 23.7. The molecule has 0 aliphatic carbocycles. The van der Waals surface area contributed by atoms with Crippen LogP contribution in [0.25, 0.3) is 10.8 Å². The van der Waals surface area contributed by atoms with Gasteiger partial charge < -0.3 is 9.47 Å². The number of ether oxygens (including phenoxy) is 2. The largest absolute Gasteiger partial charge is 0.421 e. The lowest BCUT2D eigenvalue weighted by Crippen LogP contribution is -2.20. The van der Waals surface area contributed by atoms with Crippen LogP contribution in [-0.2, 0) is 19.1 Å². The summed E-state index contributed by atoms with van der Waals surface area (Å²) in [5, 5.41) is 2.08. The van der Waals surface area contributed by atoms with Gasteiger partial charge in [-0.25, -0.2) is 0 Å². The molecule has 0 fully saturated rings.